The van der Waals surface area contributed by atoms with Crippen molar-refractivity contribution in [3.05, 3.63) is 199 Å². The van der Waals surface area contributed by atoms with Gasteiger partial charge in [-0.3, -0.25) is 44.3 Å². The van der Waals surface area contributed by atoms with Gasteiger partial charge in [0, 0.05) is 91.7 Å². The molecule has 0 aliphatic rings. The monoisotopic (exact) mass is 981 g/mol. The lowest BCUT2D eigenvalue weighted by molar-refractivity contribution is 0.0992. The van der Waals surface area contributed by atoms with Crippen LogP contribution in [-0.2, 0) is 0 Å². The van der Waals surface area contributed by atoms with Crippen molar-refractivity contribution in [2.45, 2.75) is 0 Å². The van der Waals surface area contributed by atoms with Crippen LogP contribution >= 0.6 is 0 Å². The number of hydrogen-bond acceptors (Lipinski definition) is 12. The van der Waals surface area contributed by atoms with E-state index in [1.54, 1.807) is 76.5 Å². The van der Waals surface area contributed by atoms with Crippen molar-refractivity contribution in [3.8, 4) is 33.8 Å². The summed E-state index contributed by atoms with van der Waals surface area (Å²) in [6.45, 7) is 0. The fourth-order valence-corrected chi connectivity index (χ4v) is 9.95. The van der Waals surface area contributed by atoms with Gasteiger partial charge in [0.2, 0.25) is 0 Å². The third-order valence-corrected chi connectivity index (χ3v) is 13.6. The van der Waals surface area contributed by atoms with Crippen molar-refractivity contribution in [2.75, 3.05) is 35.8 Å². The molecule has 0 saturated heterocycles. The first kappa shape index (κ1) is 44.5. The second-order valence-electron chi connectivity index (χ2n) is 17.9. The number of furan rings is 3. The molecule has 0 spiro atoms. The van der Waals surface area contributed by atoms with Crippen molar-refractivity contribution in [1.82, 2.24) is 29.9 Å². The van der Waals surface area contributed by atoms with E-state index in [1.807, 2.05) is 109 Å². The molecule has 0 radical (unpaired) electrons. The Bertz CT molecular complexity index is 3980. The van der Waals surface area contributed by atoms with E-state index in [-0.39, 0.29) is 16.7 Å². The van der Waals surface area contributed by atoms with Crippen LogP contribution in [0.25, 0.3) is 100.0 Å². The summed E-state index contributed by atoms with van der Waals surface area (Å²) in [6.07, 6.45) is 10.1. The molecule has 15 nitrogen and oxygen atoms in total. The molecule has 9 aromatic heterocycles. The maximum Gasteiger partial charge on any atom is 0.258 e. The summed E-state index contributed by atoms with van der Waals surface area (Å²) in [4.78, 5) is 78.2. The minimum absolute atomic E-state index is 0.0633. The molecule has 0 bridgehead atoms. The molecular weight excluding hydrogens is 943 g/mol. The topological polar surface area (TPSA) is 178 Å². The summed E-state index contributed by atoms with van der Waals surface area (Å²) < 4.78 is 19.3. The van der Waals surface area contributed by atoms with Crippen LogP contribution < -0.4 is 14.7 Å². The summed E-state index contributed by atoms with van der Waals surface area (Å²) in [5, 5.41) is 1.77. The number of anilines is 3. The van der Waals surface area contributed by atoms with E-state index < -0.39 is 17.7 Å². The Balaban J connectivity index is 0.959. The number of carbonyl (C=O) groups is 3. The molecule has 3 amide bonds. The predicted molar refractivity (Wildman–Crippen MR) is 289 cm³/mol. The van der Waals surface area contributed by atoms with Gasteiger partial charge in [-0.25, -0.2) is 0 Å². The Kier molecular flexibility index (Phi) is 10.5. The molecule has 15 heteroatoms. The molecule has 0 aliphatic heterocycles. The van der Waals surface area contributed by atoms with Crippen molar-refractivity contribution in [3.63, 3.8) is 0 Å². The maximum absolute atomic E-state index is 15.3. The largest absolute Gasteiger partial charge is 0.454 e. The summed E-state index contributed by atoms with van der Waals surface area (Å²) >= 11 is 0. The van der Waals surface area contributed by atoms with Gasteiger partial charge < -0.3 is 28.0 Å². The van der Waals surface area contributed by atoms with Gasteiger partial charge in [0.15, 0.2) is 16.7 Å². The molecular formula is C60H39N9O6. The highest BCUT2D eigenvalue weighted by Crippen LogP contribution is 2.44. The van der Waals surface area contributed by atoms with E-state index in [2.05, 4.69) is 29.9 Å². The Morgan fingerprint density at radius 2 is 0.640 bits per heavy atom. The molecule has 0 N–H and O–H groups in total. The summed E-state index contributed by atoms with van der Waals surface area (Å²) in [7, 11) is 4.92. The van der Waals surface area contributed by atoms with Crippen molar-refractivity contribution >= 4 is 101 Å². The minimum atomic E-state index is -0.513. The Morgan fingerprint density at radius 3 is 0.920 bits per heavy atom. The third kappa shape index (κ3) is 7.32. The summed E-state index contributed by atoms with van der Waals surface area (Å²) in [5.41, 5.74) is 10.5. The Labute approximate surface area is 426 Å². The number of fused-ring (bicyclic) bond motifs is 9. The van der Waals surface area contributed by atoms with Crippen molar-refractivity contribution in [2.24, 2.45) is 0 Å². The number of benzene rings is 4. The van der Waals surface area contributed by atoms with E-state index >= 15 is 14.4 Å². The Morgan fingerprint density at radius 1 is 0.347 bits per heavy atom. The molecule has 9 heterocycles. The minimum Gasteiger partial charge on any atom is -0.454 e. The van der Waals surface area contributed by atoms with Crippen molar-refractivity contribution in [1.29, 1.82) is 0 Å². The van der Waals surface area contributed by atoms with Gasteiger partial charge in [0.1, 0.15) is 33.3 Å². The van der Waals surface area contributed by atoms with Crippen LogP contribution in [0, 0.1) is 0 Å². The average molecular weight is 982 g/mol. The molecule has 4 aromatic carbocycles. The van der Waals surface area contributed by atoms with Crippen LogP contribution in [0.1, 0.15) is 31.1 Å². The maximum atomic E-state index is 15.3. The number of amides is 3. The number of pyridine rings is 6. The van der Waals surface area contributed by atoms with E-state index in [4.69, 9.17) is 13.3 Å². The fraction of sp³-hybridized carbons (Fsp3) is 0.0500. The predicted octanol–water partition coefficient (Wildman–Crippen LogP) is 12.6. The van der Waals surface area contributed by atoms with E-state index in [1.165, 1.54) is 32.9 Å². The van der Waals surface area contributed by atoms with Gasteiger partial charge in [-0.05, 0) is 127 Å². The first-order valence-corrected chi connectivity index (χ1v) is 23.9. The zero-order chi connectivity index (χ0) is 50.9. The highest BCUT2D eigenvalue weighted by atomic mass is 16.3. The van der Waals surface area contributed by atoms with Gasteiger partial charge in [-0.15, -0.1) is 0 Å². The molecule has 75 heavy (non-hydrogen) atoms. The van der Waals surface area contributed by atoms with Crippen LogP contribution in [0.5, 0.6) is 0 Å². The van der Waals surface area contributed by atoms with E-state index in [9.17, 15) is 0 Å². The van der Waals surface area contributed by atoms with Gasteiger partial charge in [-0.2, -0.15) is 0 Å². The van der Waals surface area contributed by atoms with Crippen molar-refractivity contribution < 1.29 is 27.6 Å². The van der Waals surface area contributed by atoms with E-state index in [0.29, 0.717) is 117 Å². The molecule has 0 saturated carbocycles. The van der Waals surface area contributed by atoms with Gasteiger partial charge in [-0.1, -0.05) is 18.2 Å². The van der Waals surface area contributed by atoms with E-state index in [0.717, 1.165) is 0 Å². The average Bonchev–Trinajstić information content (AvgIpc) is 4.24. The summed E-state index contributed by atoms with van der Waals surface area (Å²) in [6, 6.07) is 43.2. The lowest BCUT2D eigenvalue weighted by Gasteiger charge is -2.23. The zero-order valence-electron chi connectivity index (χ0n) is 40.3. The normalized spacial score (nSPS) is 11.6. The molecule has 360 valence electrons. The highest BCUT2D eigenvalue weighted by molar-refractivity contribution is 6.23. The van der Waals surface area contributed by atoms with Crippen LogP contribution in [0.3, 0.4) is 0 Å². The smallest absolute Gasteiger partial charge is 0.258 e. The number of hydrogen-bond donors (Lipinski definition) is 0. The van der Waals surface area contributed by atoms with Crippen LogP contribution in [0.4, 0.5) is 17.1 Å². The molecule has 0 aliphatic carbocycles. The lowest BCUT2D eigenvalue weighted by atomic mass is 10.0. The first-order chi connectivity index (χ1) is 36.7. The zero-order valence-corrected chi connectivity index (χ0v) is 40.3. The van der Waals surface area contributed by atoms with Crippen LogP contribution in [-0.4, -0.2) is 68.8 Å². The molecule has 0 unspecified atom stereocenters. The second-order valence-corrected chi connectivity index (χ2v) is 17.9. The number of rotatable bonds is 9. The first-order valence-electron chi connectivity index (χ1n) is 23.9. The highest BCUT2D eigenvalue weighted by Gasteiger charge is 2.30. The van der Waals surface area contributed by atoms with Gasteiger partial charge in [0.05, 0.1) is 50.3 Å². The molecule has 0 atom stereocenters. The second kappa shape index (κ2) is 17.7. The molecule has 13 aromatic rings. The fourth-order valence-electron chi connectivity index (χ4n) is 9.95. The molecule has 13 rings (SSSR count). The number of aromatic nitrogens is 6. The Hall–Kier alpha value is -10.4. The number of carbonyl (C=O) groups excluding carboxylic acids is 3. The van der Waals surface area contributed by atoms with Gasteiger partial charge >= 0.3 is 0 Å². The lowest BCUT2D eigenvalue weighted by Crippen LogP contribution is -2.31. The number of nitrogens with zero attached hydrogens (tertiary/aromatic N) is 9. The van der Waals surface area contributed by atoms with Crippen LogP contribution in [0.15, 0.2) is 196 Å². The third-order valence-electron chi connectivity index (χ3n) is 13.6. The standard InChI is InChI=1S/C60H39N9O6/c1-67(43-22-19-37(40-13-4-7-25-61-40)55-49(43)52-46(73-55)16-10-28-64-52)58(70)34-31-35(59(71)68(2)44-23-20-38(41-14-5-8-26-62-41)56-50(44)53-47(74-56)17-11-29-65-53)33-36(32-34)60(72)69(3)45-24-21-39(42-15-6-9-27-63-42)57-51(45)54-48(75-57)18-12-30-66-54/h4-33H,1-3H3. The molecule has 0 fully saturated rings. The quantitative estimate of drug-likeness (QED) is 0.134. The van der Waals surface area contributed by atoms with Crippen LogP contribution in [0.2, 0.25) is 0 Å². The SMILES string of the molecule is CN(C(=O)c1cc(C(=O)N(C)c2ccc(-c3ccccn3)c3oc4cccnc4c23)cc(C(=O)N(C)c2ccc(-c3ccccn3)c3oc4cccnc4c23)c1)c1ccc(-c2ccccn2)c2oc3cccnc3c12. The summed E-state index contributed by atoms with van der Waals surface area (Å²) in [5.74, 6) is -1.54. The van der Waals surface area contributed by atoms with Gasteiger partial charge in [0.25, 0.3) is 17.7 Å².